The quantitative estimate of drug-likeness (QED) is 0.527. The van der Waals surface area contributed by atoms with Gasteiger partial charge in [0.25, 0.3) is 0 Å². The van der Waals surface area contributed by atoms with Crippen molar-refractivity contribution >= 4 is 23.6 Å². The standard InChI is InChI=1S/C12H15ClN2O4/c13-9-3-5-10(6-4-9)19-8-15-12(18)14-7-1-2-11(16)17/h3-6H,1-2,7-8H2,(H,16,17)(H2,14,15,18). The number of hydrogen-bond acceptors (Lipinski definition) is 3. The Labute approximate surface area is 115 Å². The van der Waals surface area contributed by atoms with Crippen molar-refractivity contribution < 1.29 is 19.4 Å². The lowest BCUT2D eigenvalue weighted by Gasteiger charge is -2.09. The van der Waals surface area contributed by atoms with Crippen LogP contribution in [0.15, 0.2) is 24.3 Å². The molecule has 0 unspecified atom stereocenters. The number of amides is 2. The minimum Gasteiger partial charge on any atom is -0.481 e. The van der Waals surface area contributed by atoms with E-state index in [1.54, 1.807) is 24.3 Å². The molecule has 1 aromatic carbocycles. The van der Waals surface area contributed by atoms with Crippen LogP contribution in [0.25, 0.3) is 0 Å². The summed E-state index contributed by atoms with van der Waals surface area (Å²) in [5.41, 5.74) is 0. The maximum absolute atomic E-state index is 11.3. The second-order valence-corrected chi connectivity index (χ2v) is 4.11. The molecule has 0 spiro atoms. The van der Waals surface area contributed by atoms with Crippen LogP contribution in [0.3, 0.4) is 0 Å². The molecule has 0 aliphatic carbocycles. The molecule has 0 radical (unpaired) electrons. The van der Waals surface area contributed by atoms with E-state index in [-0.39, 0.29) is 13.2 Å². The van der Waals surface area contributed by atoms with Gasteiger partial charge in [0.15, 0.2) is 6.73 Å². The number of carbonyl (C=O) groups excluding carboxylic acids is 1. The van der Waals surface area contributed by atoms with Crippen LogP contribution in [-0.4, -0.2) is 30.4 Å². The molecule has 6 nitrogen and oxygen atoms in total. The number of rotatable bonds is 7. The SMILES string of the molecule is O=C(O)CCCNC(=O)NCOc1ccc(Cl)cc1. The normalized spacial score (nSPS) is 9.74. The first-order chi connectivity index (χ1) is 9.08. The van der Waals surface area contributed by atoms with Gasteiger partial charge >= 0.3 is 12.0 Å². The fourth-order valence-corrected chi connectivity index (χ4v) is 1.35. The Kier molecular flexibility index (Phi) is 6.52. The van der Waals surface area contributed by atoms with Gasteiger partial charge in [-0.15, -0.1) is 0 Å². The van der Waals surface area contributed by atoms with Crippen molar-refractivity contribution in [2.45, 2.75) is 12.8 Å². The third-order valence-corrected chi connectivity index (χ3v) is 2.39. The summed E-state index contributed by atoms with van der Waals surface area (Å²) in [7, 11) is 0. The second-order valence-electron chi connectivity index (χ2n) is 3.67. The fourth-order valence-electron chi connectivity index (χ4n) is 1.22. The van der Waals surface area contributed by atoms with Crippen molar-refractivity contribution in [3.8, 4) is 5.75 Å². The maximum Gasteiger partial charge on any atom is 0.317 e. The monoisotopic (exact) mass is 286 g/mol. The van der Waals surface area contributed by atoms with Crippen molar-refractivity contribution in [2.24, 2.45) is 0 Å². The number of nitrogens with one attached hydrogen (secondary N) is 2. The number of aliphatic carboxylic acids is 1. The van der Waals surface area contributed by atoms with Gasteiger partial charge < -0.3 is 20.5 Å². The van der Waals surface area contributed by atoms with Crippen molar-refractivity contribution in [1.82, 2.24) is 10.6 Å². The molecule has 1 aromatic rings. The van der Waals surface area contributed by atoms with Crippen molar-refractivity contribution in [2.75, 3.05) is 13.3 Å². The van der Waals surface area contributed by atoms with Crippen molar-refractivity contribution in [1.29, 1.82) is 0 Å². The third kappa shape index (κ3) is 7.15. The molecule has 0 aliphatic heterocycles. The minimum atomic E-state index is -0.881. The van der Waals surface area contributed by atoms with E-state index in [9.17, 15) is 9.59 Å². The molecule has 0 aromatic heterocycles. The fraction of sp³-hybridized carbons (Fsp3) is 0.333. The Morgan fingerprint density at radius 3 is 2.53 bits per heavy atom. The second kappa shape index (κ2) is 8.20. The summed E-state index contributed by atoms with van der Waals surface area (Å²) in [6.07, 6.45) is 0.419. The van der Waals surface area contributed by atoms with E-state index in [1.807, 2.05) is 0 Å². The maximum atomic E-state index is 11.3. The zero-order valence-corrected chi connectivity index (χ0v) is 10.9. The number of carboxylic acids is 1. The Morgan fingerprint density at radius 2 is 1.89 bits per heavy atom. The number of carboxylic acid groups (broad SMARTS) is 1. The topological polar surface area (TPSA) is 87.7 Å². The lowest BCUT2D eigenvalue weighted by molar-refractivity contribution is -0.137. The van der Waals surface area contributed by atoms with E-state index in [4.69, 9.17) is 21.4 Å². The molecule has 0 atom stereocenters. The van der Waals surface area contributed by atoms with Gasteiger partial charge in [-0.1, -0.05) is 11.6 Å². The number of urea groups is 1. The number of halogens is 1. The average molecular weight is 287 g/mol. The molecule has 19 heavy (non-hydrogen) atoms. The van der Waals surface area contributed by atoms with Gasteiger partial charge in [0.05, 0.1) is 0 Å². The molecule has 0 saturated carbocycles. The summed E-state index contributed by atoms with van der Waals surface area (Å²) in [6.45, 7) is 0.325. The van der Waals surface area contributed by atoms with Crippen LogP contribution in [0.2, 0.25) is 5.02 Å². The minimum absolute atomic E-state index is 0.0202. The summed E-state index contributed by atoms with van der Waals surface area (Å²) in [6, 6.07) is 6.34. The highest BCUT2D eigenvalue weighted by Gasteiger charge is 2.01. The van der Waals surface area contributed by atoms with Crippen LogP contribution in [0.1, 0.15) is 12.8 Å². The van der Waals surface area contributed by atoms with Gasteiger partial charge in [0.2, 0.25) is 0 Å². The number of ether oxygens (including phenoxy) is 1. The molecular weight excluding hydrogens is 272 g/mol. The van der Waals surface area contributed by atoms with Gasteiger partial charge in [0.1, 0.15) is 5.75 Å². The molecule has 0 saturated heterocycles. The Bertz CT molecular complexity index is 422. The van der Waals surface area contributed by atoms with Gasteiger partial charge in [-0.3, -0.25) is 4.79 Å². The molecule has 1 rings (SSSR count). The van der Waals surface area contributed by atoms with Crippen LogP contribution < -0.4 is 15.4 Å². The zero-order valence-electron chi connectivity index (χ0n) is 10.2. The van der Waals surface area contributed by atoms with Gasteiger partial charge in [-0.05, 0) is 30.7 Å². The Balaban J connectivity index is 2.10. The molecule has 104 valence electrons. The van der Waals surface area contributed by atoms with Gasteiger partial charge in [-0.2, -0.15) is 0 Å². The van der Waals surface area contributed by atoms with Crippen LogP contribution in [0.4, 0.5) is 4.79 Å². The summed E-state index contributed by atoms with van der Waals surface area (Å²) < 4.78 is 5.25. The molecule has 0 bridgehead atoms. The third-order valence-electron chi connectivity index (χ3n) is 2.14. The first kappa shape index (κ1) is 15.1. The first-order valence-corrected chi connectivity index (χ1v) is 6.07. The summed E-state index contributed by atoms with van der Waals surface area (Å²) >= 11 is 5.71. The number of hydrogen-bond donors (Lipinski definition) is 3. The van der Waals surface area contributed by atoms with E-state index < -0.39 is 12.0 Å². The van der Waals surface area contributed by atoms with Gasteiger partial charge in [-0.25, -0.2) is 4.79 Å². The molecule has 3 N–H and O–H groups in total. The smallest absolute Gasteiger partial charge is 0.317 e. The van der Waals surface area contributed by atoms with E-state index in [2.05, 4.69) is 10.6 Å². The highest BCUT2D eigenvalue weighted by Crippen LogP contribution is 2.14. The predicted molar refractivity (Wildman–Crippen MR) is 70.4 cm³/mol. The average Bonchev–Trinajstić information content (AvgIpc) is 2.37. The molecular formula is C12H15ClN2O4. The first-order valence-electron chi connectivity index (χ1n) is 5.70. The van der Waals surface area contributed by atoms with Gasteiger partial charge in [0, 0.05) is 18.0 Å². The molecule has 7 heteroatoms. The molecule has 0 fully saturated rings. The number of benzene rings is 1. The Morgan fingerprint density at radius 1 is 1.21 bits per heavy atom. The molecule has 2 amide bonds. The van der Waals surface area contributed by atoms with Crippen LogP contribution in [0.5, 0.6) is 5.75 Å². The van der Waals surface area contributed by atoms with Crippen molar-refractivity contribution in [3.63, 3.8) is 0 Å². The summed E-state index contributed by atoms with van der Waals surface area (Å²) in [4.78, 5) is 21.5. The summed E-state index contributed by atoms with van der Waals surface area (Å²) in [5, 5.41) is 14.0. The largest absolute Gasteiger partial charge is 0.481 e. The predicted octanol–water partition coefficient (Wildman–Crippen LogP) is 1.84. The van der Waals surface area contributed by atoms with Crippen LogP contribution in [0, 0.1) is 0 Å². The molecule has 0 aliphatic rings. The number of carbonyl (C=O) groups is 2. The Hall–Kier alpha value is -1.95. The van der Waals surface area contributed by atoms with Crippen LogP contribution >= 0.6 is 11.6 Å². The van der Waals surface area contributed by atoms with E-state index in [1.165, 1.54) is 0 Å². The lowest BCUT2D eigenvalue weighted by Crippen LogP contribution is -2.38. The molecule has 0 heterocycles. The van der Waals surface area contributed by atoms with E-state index >= 15 is 0 Å². The highest BCUT2D eigenvalue weighted by atomic mass is 35.5. The zero-order chi connectivity index (χ0) is 14.1. The highest BCUT2D eigenvalue weighted by molar-refractivity contribution is 6.30. The van der Waals surface area contributed by atoms with E-state index in [0.29, 0.717) is 23.7 Å². The lowest BCUT2D eigenvalue weighted by atomic mass is 10.3. The van der Waals surface area contributed by atoms with Crippen molar-refractivity contribution in [3.05, 3.63) is 29.3 Å². The van der Waals surface area contributed by atoms with E-state index in [0.717, 1.165) is 0 Å². The van der Waals surface area contributed by atoms with Crippen LogP contribution in [-0.2, 0) is 4.79 Å². The summed E-state index contributed by atoms with van der Waals surface area (Å²) in [5.74, 6) is -0.288.